The molecule has 1 aromatic heterocycles. The van der Waals surface area contributed by atoms with Gasteiger partial charge in [0, 0.05) is 42.4 Å². The van der Waals surface area contributed by atoms with Crippen LogP contribution in [0, 0.1) is 6.92 Å². The third-order valence-corrected chi connectivity index (χ3v) is 4.71. The summed E-state index contributed by atoms with van der Waals surface area (Å²) < 4.78 is 17.1. The number of pyridine rings is 1. The maximum atomic E-state index is 6.10. The lowest BCUT2D eigenvalue weighted by Crippen LogP contribution is -2.38. The lowest BCUT2D eigenvalue weighted by molar-refractivity contribution is 0.0283. The summed E-state index contributed by atoms with van der Waals surface area (Å²) in [4.78, 5) is 7.05. The average Bonchev–Trinajstić information content (AvgIpc) is 3.07. The molecule has 5 nitrogen and oxygen atoms in total. The molecule has 1 saturated heterocycles. The summed E-state index contributed by atoms with van der Waals surface area (Å²) in [5.74, 6) is 1.79. The van der Waals surface area contributed by atoms with Gasteiger partial charge in [-0.25, -0.2) is 0 Å². The number of ether oxygens (including phenoxy) is 3. The molecule has 5 heteroatoms. The first kappa shape index (κ1) is 14.7. The van der Waals surface area contributed by atoms with E-state index in [0.29, 0.717) is 12.8 Å². The molecule has 0 amide bonds. The molecule has 2 aromatic rings. The molecule has 2 aliphatic rings. The van der Waals surface area contributed by atoms with Gasteiger partial charge in [0.1, 0.15) is 18.2 Å². The number of benzene rings is 1. The van der Waals surface area contributed by atoms with Gasteiger partial charge in [-0.2, -0.15) is 0 Å². The van der Waals surface area contributed by atoms with Gasteiger partial charge in [-0.3, -0.25) is 9.88 Å². The number of fused-ring (bicyclic) bond motifs is 3. The summed E-state index contributed by atoms with van der Waals surface area (Å²) in [7, 11) is 1.67. The summed E-state index contributed by atoms with van der Waals surface area (Å²) in [5.41, 5.74) is 3.14. The van der Waals surface area contributed by atoms with E-state index in [1.807, 2.05) is 18.2 Å². The molecule has 3 heterocycles. The van der Waals surface area contributed by atoms with Crippen LogP contribution in [0.3, 0.4) is 0 Å². The van der Waals surface area contributed by atoms with Crippen molar-refractivity contribution in [3.8, 4) is 11.5 Å². The lowest BCUT2D eigenvalue weighted by Gasteiger charge is -2.31. The first-order valence-corrected chi connectivity index (χ1v) is 8.18. The average molecular weight is 314 g/mol. The van der Waals surface area contributed by atoms with E-state index < -0.39 is 0 Å². The van der Waals surface area contributed by atoms with Crippen molar-refractivity contribution in [2.75, 3.05) is 27.0 Å². The summed E-state index contributed by atoms with van der Waals surface area (Å²) >= 11 is 0. The number of methoxy groups -OCH3 is 1. The Balaban J connectivity index is 1.64. The molecule has 122 valence electrons. The van der Waals surface area contributed by atoms with Crippen molar-refractivity contribution < 1.29 is 14.2 Å². The molecule has 0 N–H and O–H groups in total. The molecule has 0 saturated carbocycles. The molecule has 1 unspecified atom stereocenters. The number of nitrogens with zero attached hydrogens (tertiary/aromatic N) is 2. The van der Waals surface area contributed by atoms with Crippen LogP contribution >= 0.6 is 0 Å². The van der Waals surface area contributed by atoms with Crippen molar-refractivity contribution in [1.82, 2.24) is 9.88 Å². The van der Waals surface area contributed by atoms with Crippen LogP contribution in [0.2, 0.25) is 0 Å². The van der Waals surface area contributed by atoms with Gasteiger partial charge in [0.05, 0.1) is 18.7 Å². The van der Waals surface area contributed by atoms with Crippen LogP contribution in [0.15, 0.2) is 18.2 Å². The van der Waals surface area contributed by atoms with E-state index in [0.717, 1.165) is 54.2 Å². The van der Waals surface area contributed by atoms with E-state index >= 15 is 0 Å². The van der Waals surface area contributed by atoms with E-state index in [9.17, 15) is 0 Å². The van der Waals surface area contributed by atoms with E-state index in [1.165, 1.54) is 12.0 Å². The Bertz CT molecular complexity index is 726. The van der Waals surface area contributed by atoms with Crippen LogP contribution in [-0.2, 0) is 11.3 Å². The highest BCUT2D eigenvalue weighted by molar-refractivity contribution is 5.88. The minimum atomic E-state index is 0.345. The van der Waals surface area contributed by atoms with Crippen LogP contribution in [-0.4, -0.2) is 43.0 Å². The fraction of sp³-hybridized carbons (Fsp3) is 0.500. The van der Waals surface area contributed by atoms with Gasteiger partial charge >= 0.3 is 0 Å². The molecular formula is C18H22N2O3. The Morgan fingerprint density at radius 3 is 3.09 bits per heavy atom. The predicted octanol–water partition coefficient (Wildman–Crippen LogP) is 2.88. The molecule has 0 bridgehead atoms. The summed E-state index contributed by atoms with van der Waals surface area (Å²) in [5, 5.41) is 1.06. The highest BCUT2D eigenvalue weighted by Gasteiger charge is 2.26. The predicted molar refractivity (Wildman–Crippen MR) is 87.9 cm³/mol. The Kier molecular flexibility index (Phi) is 3.83. The van der Waals surface area contributed by atoms with Crippen molar-refractivity contribution in [1.29, 1.82) is 0 Å². The van der Waals surface area contributed by atoms with Crippen LogP contribution < -0.4 is 9.47 Å². The standard InChI is InChI=1S/C18H22N2O3/c1-12-16-10-20(9-14-4-3-7-22-14)11-23-18(16)15-6-5-13(21-2)8-17(15)19-12/h5-6,8,14H,3-4,7,9-11H2,1-2H3. The first-order valence-electron chi connectivity index (χ1n) is 8.18. The Hall–Kier alpha value is -1.85. The molecule has 1 atom stereocenters. The number of rotatable bonds is 3. The van der Waals surface area contributed by atoms with Crippen LogP contribution in [0.25, 0.3) is 10.9 Å². The minimum Gasteiger partial charge on any atom is -0.497 e. The van der Waals surface area contributed by atoms with Crippen molar-refractivity contribution in [3.63, 3.8) is 0 Å². The van der Waals surface area contributed by atoms with Crippen LogP contribution in [0.5, 0.6) is 11.5 Å². The summed E-state index contributed by atoms with van der Waals surface area (Å²) in [6.07, 6.45) is 2.67. The van der Waals surface area contributed by atoms with Crippen molar-refractivity contribution in [2.24, 2.45) is 0 Å². The van der Waals surface area contributed by atoms with E-state index in [2.05, 4.69) is 11.8 Å². The lowest BCUT2D eigenvalue weighted by atomic mass is 10.1. The summed E-state index contributed by atoms with van der Waals surface area (Å²) in [6.45, 7) is 5.35. The molecule has 0 radical (unpaired) electrons. The SMILES string of the molecule is COc1ccc2c3c(c(C)nc2c1)CN(CC1CCCO1)CO3. The zero-order valence-corrected chi connectivity index (χ0v) is 13.7. The smallest absolute Gasteiger partial charge is 0.142 e. The van der Waals surface area contributed by atoms with Crippen molar-refractivity contribution >= 4 is 10.9 Å². The summed E-state index contributed by atoms with van der Waals surface area (Å²) in [6, 6.07) is 5.96. The van der Waals surface area contributed by atoms with E-state index in [1.54, 1.807) is 7.11 Å². The van der Waals surface area contributed by atoms with Gasteiger partial charge in [0.2, 0.25) is 0 Å². The number of aryl methyl sites for hydroxylation is 1. The number of aromatic nitrogens is 1. The Morgan fingerprint density at radius 2 is 2.30 bits per heavy atom. The van der Waals surface area contributed by atoms with Crippen molar-refractivity contribution in [3.05, 3.63) is 29.5 Å². The Morgan fingerprint density at radius 1 is 1.39 bits per heavy atom. The van der Waals surface area contributed by atoms with Gasteiger partial charge < -0.3 is 14.2 Å². The van der Waals surface area contributed by atoms with E-state index in [-0.39, 0.29) is 0 Å². The Labute approximate surface area is 136 Å². The number of hydrogen-bond acceptors (Lipinski definition) is 5. The van der Waals surface area contributed by atoms with Gasteiger partial charge in [-0.15, -0.1) is 0 Å². The second kappa shape index (κ2) is 5.98. The zero-order valence-electron chi connectivity index (χ0n) is 13.7. The molecule has 2 aliphatic heterocycles. The maximum Gasteiger partial charge on any atom is 0.142 e. The second-order valence-electron chi connectivity index (χ2n) is 6.31. The monoisotopic (exact) mass is 314 g/mol. The quantitative estimate of drug-likeness (QED) is 0.871. The fourth-order valence-corrected chi connectivity index (χ4v) is 3.47. The van der Waals surface area contributed by atoms with Crippen LogP contribution in [0.1, 0.15) is 24.1 Å². The highest BCUT2D eigenvalue weighted by Crippen LogP contribution is 2.36. The maximum absolute atomic E-state index is 6.10. The molecule has 1 fully saturated rings. The minimum absolute atomic E-state index is 0.345. The first-order chi connectivity index (χ1) is 11.2. The zero-order chi connectivity index (χ0) is 15.8. The molecule has 23 heavy (non-hydrogen) atoms. The number of hydrogen-bond donors (Lipinski definition) is 0. The molecular weight excluding hydrogens is 292 g/mol. The normalized spacial score (nSPS) is 21.2. The molecule has 0 spiro atoms. The highest BCUT2D eigenvalue weighted by atomic mass is 16.5. The second-order valence-corrected chi connectivity index (χ2v) is 6.31. The van der Waals surface area contributed by atoms with Gasteiger partial charge in [-0.1, -0.05) is 0 Å². The van der Waals surface area contributed by atoms with Gasteiger partial charge in [0.25, 0.3) is 0 Å². The van der Waals surface area contributed by atoms with Gasteiger partial charge in [-0.05, 0) is 31.9 Å². The molecule has 0 aliphatic carbocycles. The third-order valence-electron chi connectivity index (χ3n) is 4.71. The van der Waals surface area contributed by atoms with Crippen LogP contribution in [0.4, 0.5) is 0 Å². The molecule has 4 rings (SSSR count). The third kappa shape index (κ3) is 2.75. The van der Waals surface area contributed by atoms with E-state index in [4.69, 9.17) is 19.2 Å². The van der Waals surface area contributed by atoms with Crippen molar-refractivity contribution in [2.45, 2.75) is 32.4 Å². The van der Waals surface area contributed by atoms with Gasteiger partial charge in [0.15, 0.2) is 0 Å². The largest absolute Gasteiger partial charge is 0.497 e. The fourth-order valence-electron chi connectivity index (χ4n) is 3.47. The molecule has 1 aromatic carbocycles. The topological polar surface area (TPSA) is 43.8 Å².